The largest absolute Gasteiger partial charge is 0.471 e. The van der Waals surface area contributed by atoms with Crippen molar-refractivity contribution in [3.05, 3.63) is 0 Å². The van der Waals surface area contributed by atoms with Gasteiger partial charge in [0.2, 0.25) is 0 Å². The van der Waals surface area contributed by atoms with Gasteiger partial charge in [-0.1, -0.05) is 0 Å². The van der Waals surface area contributed by atoms with Crippen molar-refractivity contribution >= 4 is 17.9 Å². The number of aliphatic hydroxyl groups excluding tert-OH is 1. The minimum atomic E-state index is -5.14. The van der Waals surface area contributed by atoms with Gasteiger partial charge in [0.05, 0.1) is 6.10 Å². The molecular formula is C12H15F3N2O5. The van der Waals surface area contributed by atoms with Crippen LogP contribution >= 0.6 is 0 Å². The summed E-state index contributed by atoms with van der Waals surface area (Å²) in [4.78, 5) is 35.9. The van der Waals surface area contributed by atoms with E-state index in [9.17, 15) is 32.7 Å². The highest BCUT2D eigenvalue weighted by atomic mass is 19.4. The standard InChI is InChI=1S/C12H15F3N2O5/c13-12(14,15)9(20)17-6-5-16(10(21)22)8(19)11(17)3-1-7(18)2-4-11/h7,18H,1-6H2,(H,21,22). The van der Waals surface area contributed by atoms with Crippen molar-refractivity contribution in [2.24, 2.45) is 0 Å². The molecule has 1 saturated carbocycles. The predicted molar refractivity (Wildman–Crippen MR) is 64.7 cm³/mol. The molecule has 2 N–H and O–H groups in total. The normalized spacial score (nSPS) is 29.8. The van der Waals surface area contributed by atoms with Crippen LogP contribution in [-0.2, 0) is 9.59 Å². The average molecular weight is 324 g/mol. The molecule has 0 aromatic rings. The monoisotopic (exact) mass is 324 g/mol. The average Bonchev–Trinajstić information content (AvgIpc) is 2.42. The molecule has 124 valence electrons. The van der Waals surface area contributed by atoms with Crippen molar-refractivity contribution in [1.82, 2.24) is 9.80 Å². The number of halogens is 3. The van der Waals surface area contributed by atoms with E-state index in [0.717, 1.165) is 0 Å². The summed E-state index contributed by atoms with van der Waals surface area (Å²) in [6, 6.07) is 0. The van der Waals surface area contributed by atoms with Gasteiger partial charge in [0, 0.05) is 13.1 Å². The van der Waals surface area contributed by atoms with Gasteiger partial charge in [-0.3, -0.25) is 9.59 Å². The number of nitrogens with zero attached hydrogens (tertiary/aromatic N) is 2. The molecule has 1 aliphatic heterocycles. The zero-order valence-corrected chi connectivity index (χ0v) is 11.5. The number of amides is 3. The molecule has 0 aromatic heterocycles. The van der Waals surface area contributed by atoms with Crippen LogP contribution in [0.15, 0.2) is 0 Å². The number of piperazine rings is 1. The highest BCUT2D eigenvalue weighted by molar-refractivity contribution is 6.01. The topological polar surface area (TPSA) is 98.2 Å². The molecule has 0 radical (unpaired) electrons. The lowest BCUT2D eigenvalue weighted by Gasteiger charge is -2.50. The van der Waals surface area contributed by atoms with Crippen LogP contribution in [0.1, 0.15) is 25.7 Å². The molecule has 1 heterocycles. The summed E-state index contributed by atoms with van der Waals surface area (Å²) in [6.45, 7) is -1.01. The lowest BCUT2D eigenvalue weighted by atomic mass is 9.76. The molecular weight excluding hydrogens is 309 g/mol. The zero-order chi connectivity index (χ0) is 16.7. The lowest BCUT2D eigenvalue weighted by Crippen LogP contribution is -2.70. The van der Waals surface area contributed by atoms with Gasteiger partial charge in [-0.05, 0) is 25.7 Å². The molecule has 1 saturated heterocycles. The van der Waals surface area contributed by atoms with Gasteiger partial charge in [-0.15, -0.1) is 0 Å². The molecule has 7 nitrogen and oxygen atoms in total. The first kappa shape index (κ1) is 16.5. The van der Waals surface area contributed by atoms with Crippen molar-refractivity contribution in [2.75, 3.05) is 13.1 Å². The predicted octanol–water partition coefficient (Wildman–Crippen LogP) is 0.571. The molecule has 0 bridgehead atoms. The molecule has 0 unspecified atom stereocenters. The summed E-state index contributed by atoms with van der Waals surface area (Å²) in [7, 11) is 0. The van der Waals surface area contributed by atoms with Gasteiger partial charge < -0.3 is 15.1 Å². The van der Waals surface area contributed by atoms with E-state index in [1.165, 1.54) is 0 Å². The summed E-state index contributed by atoms with van der Waals surface area (Å²) < 4.78 is 38.2. The SMILES string of the molecule is O=C(O)N1CCN(C(=O)C(F)(F)F)C2(CCC(O)CC2)C1=O. The van der Waals surface area contributed by atoms with Gasteiger partial charge >= 0.3 is 18.2 Å². The number of hydrogen-bond acceptors (Lipinski definition) is 4. The van der Waals surface area contributed by atoms with E-state index in [-0.39, 0.29) is 25.7 Å². The molecule has 2 fully saturated rings. The minimum absolute atomic E-state index is 0.0286. The third kappa shape index (κ3) is 2.62. The van der Waals surface area contributed by atoms with Crippen LogP contribution in [0.3, 0.4) is 0 Å². The number of imide groups is 1. The van der Waals surface area contributed by atoms with E-state index in [4.69, 9.17) is 5.11 Å². The third-order valence-corrected chi connectivity index (χ3v) is 4.21. The molecule has 0 atom stereocenters. The van der Waals surface area contributed by atoms with E-state index in [1.807, 2.05) is 0 Å². The molecule has 1 aliphatic carbocycles. The Balaban J connectivity index is 2.39. The Hall–Kier alpha value is -1.84. The van der Waals surface area contributed by atoms with Crippen LogP contribution in [0.4, 0.5) is 18.0 Å². The quantitative estimate of drug-likeness (QED) is 0.679. The number of carbonyl (C=O) groups is 3. The Bertz CT molecular complexity index is 499. The first-order chi connectivity index (χ1) is 10.1. The number of alkyl halides is 3. The number of hydrogen-bond donors (Lipinski definition) is 2. The molecule has 2 rings (SSSR count). The minimum Gasteiger partial charge on any atom is -0.465 e. The summed E-state index contributed by atoms with van der Waals surface area (Å²) in [6.07, 6.45) is -7.82. The molecule has 3 amide bonds. The second-order valence-electron chi connectivity index (χ2n) is 5.46. The van der Waals surface area contributed by atoms with Crippen LogP contribution in [-0.4, -0.2) is 68.8 Å². The molecule has 2 aliphatic rings. The number of carbonyl (C=O) groups excluding carboxylic acids is 2. The second kappa shape index (κ2) is 5.41. The highest BCUT2D eigenvalue weighted by Crippen LogP contribution is 2.39. The summed E-state index contributed by atoms with van der Waals surface area (Å²) in [5, 5.41) is 18.5. The Labute approximate surface area is 123 Å². The van der Waals surface area contributed by atoms with Crippen molar-refractivity contribution in [2.45, 2.75) is 43.5 Å². The Morgan fingerprint density at radius 1 is 1.18 bits per heavy atom. The van der Waals surface area contributed by atoms with E-state index in [1.54, 1.807) is 0 Å². The zero-order valence-electron chi connectivity index (χ0n) is 11.5. The molecule has 10 heteroatoms. The maximum atomic E-state index is 12.7. The number of aliphatic hydroxyl groups is 1. The number of carboxylic acid groups (broad SMARTS) is 1. The lowest BCUT2D eigenvalue weighted by molar-refractivity contribution is -0.199. The molecule has 22 heavy (non-hydrogen) atoms. The fraction of sp³-hybridized carbons (Fsp3) is 0.750. The number of rotatable bonds is 0. The smallest absolute Gasteiger partial charge is 0.465 e. The van der Waals surface area contributed by atoms with Gasteiger partial charge in [0.25, 0.3) is 5.91 Å². The van der Waals surface area contributed by atoms with E-state index in [2.05, 4.69) is 0 Å². The molecule has 0 aromatic carbocycles. The van der Waals surface area contributed by atoms with E-state index < -0.39 is 48.8 Å². The maximum Gasteiger partial charge on any atom is 0.471 e. The second-order valence-corrected chi connectivity index (χ2v) is 5.46. The van der Waals surface area contributed by atoms with Gasteiger partial charge in [0.1, 0.15) is 5.54 Å². The van der Waals surface area contributed by atoms with Crippen LogP contribution in [0.2, 0.25) is 0 Å². The Kier molecular flexibility index (Phi) is 4.07. The first-order valence-corrected chi connectivity index (χ1v) is 6.71. The van der Waals surface area contributed by atoms with Crippen LogP contribution < -0.4 is 0 Å². The van der Waals surface area contributed by atoms with E-state index in [0.29, 0.717) is 9.80 Å². The van der Waals surface area contributed by atoms with Gasteiger partial charge in [-0.2, -0.15) is 13.2 Å². The van der Waals surface area contributed by atoms with Crippen LogP contribution in [0, 0.1) is 0 Å². The van der Waals surface area contributed by atoms with Gasteiger partial charge in [0.15, 0.2) is 0 Å². The van der Waals surface area contributed by atoms with Crippen molar-refractivity contribution in [3.8, 4) is 0 Å². The highest BCUT2D eigenvalue weighted by Gasteiger charge is 2.58. The van der Waals surface area contributed by atoms with Crippen molar-refractivity contribution < 1.29 is 37.8 Å². The fourth-order valence-corrected chi connectivity index (χ4v) is 3.08. The van der Waals surface area contributed by atoms with Crippen LogP contribution in [0.5, 0.6) is 0 Å². The maximum absolute atomic E-state index is 12.7. The molecule has 1 spiro atoms. The van der Waals surface area contributed by atoms with Gasteiger partial charge in [-0.25, -0.2) is 9.69 Å². The van der Waals surface area contributed by atoms with Crippen molar-refractivity contribution in [3.63, 3.8) is 0 Å². The Morgan fingerprint density at radius 2 is 1.73 bits per heavy atom. The summed E-state index contributed by atoms with van der Waals surface area (Å²) in [5.41, 5.74) is -1.84. The first-order valence-electron chi connectivity index (χ1n) is 6.71. The summed E-state index contributed by atoms with van der Waals surface area (Å²) in [5.74, 6) is -3.18. The van der Waals surface area contributed by atoms with Crippen LogP contribution in [0.25, 0.3) is 0 Å². The van der Waals surface area contributed by atoms with Crippen molar-refractivity contribution in [1.29, 1.82) is 0 Å². The third-order valence-electron chi connectivity index (χ3n) is 4.21. The van der Waals surface area contributed by atoms with E-state index >= 15 is 0 Å². The fourth-order valence-electron chi connectivity index (χ4n) is 3.08. The Morgan fingerprint density at radius 3 is 2.18 bits per heavy atom. The summed E-state index contributed by atoms with van der Waals surface area (Å²) >= 11 is 0.